The monoisotopic (exact) mass is 316 g/mol. The number of hydrogen-bond donors (Lipinski definition) is 1. The second-order valence-electron chi connectivity index (χ2n) is 5.84. The van der Waals surface area contributed by atoms with Crippen LogP contribution in [0.15, 0.2) is 18.2 Å². The first-order valence-electron chi connectivity index (χ1n) is 6.96. The van der Waals surface area contributed by atoms with Crippen molar-refractivity contribution in [1.29, 1.82) is 0 Å². The molecule has 1 aromatic carbocycles. The van der Waals surface area contributed by atoms with E-state index >= 15 is 0 Å². The normalized spacial score (nSPS) is 25.9. The molecule has 112 valence electrons. The predicted octanol–water partition coefficient (Wildman–Crippen LogP) is 2.96. The first kappa shape index (κ1) is 15.9. The molecule has 2 heterocycles. The third-order valence-corrected chi connectivity index (χ3v) is 4.86. The van der Waals surface area contributed by atoms with Crippen molar-refractivity contribution < 1.29 is 4.74 Å². The smallest absolute Gasteiger partial charge is 0.120 e. The van der Waals surface area contributed by atoms with Crippen molar-refractivity contribution in [3.63, 3.8) is 0 Å². The minimum Gasteiger partial charge on any atom is -0.497 e. The van der Waals surface area contributed by atoms with E-state index in [0.29, 0.717) is 5.41 Å². The number of nitrogens with one attached hydrogen (secondary N) is 1. The Balaban J connectivity index is 0.00000147. The molecule has 2 fully saturated rings. The van der Waals surface area contributed by atoms with Crippen LogP contribution in [0.5, 0.6) is 5.75 Å². The number of ether oxygens (including phenoxy) is 1. The molecule has 1 spiro atoms. The van der Waals surface area contributed by atoms with Crippen LogP contribution in [0.3, 0.4) is 0 Å². The summed E-state index contributed by atoms with van der Waals surface area (Å²) >= 11 is 6.32. The summed E-state index contributed by atoms with van der Waals surface area (Å²) < 4.78 is 5.19. The average Bonchev–Trinajstić information content (AvgIpc) is 3.03. The Morgan fingerprint density at radius 3 is 2.90 bits per heavy atom. The number of halogens is 2. The summed E-state index contributed by atoms with van der Waals surface area (Å²) in [5.41, 5.74) is 1.73. The van der Waals surface area contributed by atoms with Crippen molar-refractivity contribution >= 4 is 24.0 Å². The fourth-order valence-corrected chi connectivity index (χ4v) is 3.56. The summed E-state index contributed by atoms with van der Waals surface area (Å²) in [6, 6.07) is 5.98. The molecular formula is C15H22Cl2N2O. The Morgan fingerprint density at radius 1 is 1.40 bits per heavy atom. The molecule has 0 saturated carbocycles. The van der Waals surface area contributed by atoms with Gasteiger partial charge in [0.1, 0.15) is 5.75 Å². The lowest BCUT2D eigenvalue weighted by Gasteiger charge is -2.23. The van der Waals surface area contributed by atoms with Crippen LogP contribution in [-0.2, 0) is 6.54 Å². The Kier molecular flexibility index (Phi) is 5.19. The molecule has 0 aromatic heterocycles. The molecular weight excluding hydrogens is 295 g/mol. The minimum absolute atomic E-state index is 0. The van der Waals surface area contributed by atoms with Gasteiger partial charge in [-0.15, -0.1) is 12.4 Å². The van der Waals surface area contributed by atoms with E-state index in [0.717, 1.165) is 17.3 Å². The quantitative estimate of drug-likeness (QED) is 0.928. The topological polar surface area (TPSA) is 24.5 Å². The first-order valence-corrected chi connectivity index (χ1v) is 7.34. The molecule has 1 N–H and O–H groups in total. The van der Waals surface area contributed by atoms with Crippen molar-refractivity contribution in [3.8, 4) is 5.75 Å². The number of rotatable bonds is 3. The third kappa shape index (κ3) is 3.22. The van der Waals surface area contributed by atoms with Gasteiger partial charge in [-0.1, -0.05) is 17.7 Å². The van der Waals surface area contributed by atoms with E-state index in [9.17, 15) is 0 Å². The summed E-state index contributed by atoms with van der Waals surface area (Å²) in [4.78, 5) is 2.53. The molecule has 1 aromatic rings. The third-order valence-electron chi connectivity index (χ3n) is 4.50. The van der Waals surface area contributed by atoms with Crippen LogP contribution in [-0.4, -0.2) is 38.2 Å². The first-order chi connectivity index (χ1) is 9.21. The molecule has 3 nitrogen and oxygen atoms in total. The SMILES string of the molecule is COc1ccc(CN2CCC3(CCNC3)C2)c(Cl)c1.Cl. The zero-order valence-electron chi connectivity index (χ0n) is 11.8. The molecule has 2 aliphatic rings. The van der Waals surface area contributed by atoms with E-state index in [1.165, 1.54) is 44.6 Å². The molecule has 0 radical (unpaired) electrons. The average molecular weight is 317 g/mol. The van der Waals surface area contributed by atoms with Crippen molar-refractivity contribution in [2.75, 3.05) is 33.3 Å². The van der Waals surface area contributed by atoms with Crippen molar-refractivity contribution in [3.05, 3.63) is 28.8 Å². The molecule has 1 atom stereocenters. The highest BCUT2D eigenvalue weighted by Gasteiger charge is 2.40. The Labute approximate surface area is 132 Å². The summed E-state index contributed by atoms with van der Waals surface area (Å²) in [7, 11) is 1.67. The second kappa shape index (κ2) is 6.52. The van der Waals surface area contributed by atoms with E-state index in [4.69, 9.17) is 16.3 Å². The molecule has 20 heavy (non-hydrogen) atoms. The van der Waals surface area contributed by atoms with Gasteiger partial charge in [-0.25, -0.2) is 0 Å². The van der Waals surface area contributed by atoms with E-state index in [2.05, 4.69) is 16.3 Å². The number of nitrogens with zero attached hydrogens (tertiary/aromatic N) is 1. The molecule has 5 heteroatoms. The largest absolute Gasteiger partial charge is 0.497 e. The fourth-order valence-electron chi connectivity index (χ4n) is 3.33. The second-order valence-corrected chi connectivity index (χ2v) is 6.25. The van der Waals surface area contributed by atoms with E-state index in [1.807, 2.05) is 12.1 Å². The van der Waals surface area contributed by atoms with Crippen LogP contribution in [0.4, 0.5) is 0 Å². The maximum Gasteiger partial charge on any atom is 0.120 e. The van der Waals surface area contributed by atoms with Gasteiger partial charge in [0.05, 0.1) is 7.11 Å². The molecule has 2 aliphatic heterocycles. The van der Waals surface area contributed by atoms with Crippen molar-refractivity contribution in [2.45, 2.75) is 19.4 Å². The number of benzene rings is 1. The van der Waals surface area contributed by atoms with Crippen LogP contribution >= 0.6 is 24.0 Å². The Bertz CT molecular complexity index is 461. The van der Waals surface area contributed by atoms with Gasteiger partial charge in [-0.05, 0) is 49.0 Å². The van der Waals surface area contributed by atoms with Gasteiger partial charge in [0, 0.05) is 24.7 Å². The summed E-state index contributed by atoms with van der Waals surface area (Å²) in [6.45, 7) is 5.69. The molecule has 0 bridgehead atoms. The lowest BCUT2D eigenvalue weighted by molar-refractivity contribution is 0.268. The molecule has 1 unspecified atom stereocenters. The van der Waals surface area contributed by atoms with Gasteiger partial charge in [0.15, 0.2) is 0 Å². The van der Waals surface area contributed by atoms with Crippen LogP contribution in [0.1, 0.15) is 18.4 Å². The van der Waals surface area contributed by atoms with E-state index < -0.39 is 0 Å². The standard InChI is InChI=1S/C15H21ClN2O.ClH/c1-19-13-3-2-12(14(16)8-13)9-18-7-5-15(11-18)4-6-17-10-15;/h2-3,8,17H,4-7,9-11H2,1H3;1H. The summed E-state index contributed by atoms with van der Waals surface area (Å²) in [5.74, 6) is 0.826. The number of methoxy groups -OCH3 is 1. The van der Waals surface area contributed by atoms with Gasteiger partial charge in [-0.3, -0.25) is 4.90 Å². The van der Waals surface area contributed by atoms with Gasteiger partial charge in [0.25, 0.3) is 0 Å². The van der Waals surface area contributed by atoms with Crippen molar-refractivity contribution in [2.24, 2.45) is 5.41 Å². The van der Waals surface area contributed by atoms with Gasteiger partial charge >= 0.3 is 0 Å². The highest BCUT2D eigenvalue weighted by atomic mass is 35.5. The summed E-state index contributed by atoms with van der Waals surface area (Å²) in [5, 5.41) is 4.31. The van der Waals surface area contributed by atoms with Gasteiger partial charge in [-0.2, -0.15) is 0 Å². The number of hydrogen-bond acceptors (Lipinski definition) is 3. The van der Waals surface area contributed by atoms with Crippen LogP contribution in [0.2, 0.25) is 5.02 Å². The maximum atomic E-state index is 6.32. The van der Waals surface area contributed by atoms with Crippen LogP contribution in [0.25, 0.3) is 0 Å². The predicted molar refractivity (Wildman–Crippen MR) is 85.1 cm³/mol. The highest BCUT2D eigenvalue weighted by molar-refractivity contribution is 6.31. The van der Waals surface area contributed by atoms with Crippen molar-refractivity contribution in [1.82, 2.24) is 10.2 Å². The fraction of sp³-hybridized carbons (Fsp3) is 0.600. The number of likely N-dealkylation sites (tertiary alicyclic amines) is 1. The lowest BCUT2D eigenvalue weighted by Crippen LogP contribution is -2.29. The molecule has 0 aliphatic carbocycles. The lowest BCUT2D eigenvalue weighted by atomic mass is 9.86. The van der Waals surface area contributed by atoms with E-state index in [-0.39, 0.29) is 12.4 Å². The van der Waals surface area contributed by atoms with Gasteiger partial charge < -0.3 is 10.1 Å². The van der Waals surface area contributed by atoms with E-state index in [1.54, 1.807) is 7.11 Å². The van der Waals surface area contributed by atoms with Gasteiger partial charge in [0.2, 0.25) is 0 Å². The molecule has 3 rings (SSSR count). The molecule has 0 amide bonds. The Hall–Kier alpha value is -0.480. The zero-order valence-corrected chi connectivity index (χ0v) is 13.4. The van der Waals surface area contributed by atoms with Crippen LogP contribution < -0.4 is 10.1 Å². The van der Waals surface area contributed by atoms with Crippen LogP contribution in [0, 0.1) is 5.41 Å². The molecule has 2 saturated heterocycles. The zero-order chi connectivity index (χ0) is 13.3. The Morgan fingerprint density at radius 2 is 2.25 bits per heavy atom. The summed E-state index contributed by atoms with van der Waals surface area (Å²) in [6.07, 6.45) is 2.63. The maximum absolute atomic E-state index is 6.32. The minimum atomic E-state index is 0. The highest BCUT2D eigenvalue weighted by Crippen LogP contribution is 2.37.